The van der Waals surface area contributed by atoms with Crippen LogP contribution in [0.1, 0.15) is 5.56 Å². The quantitative estimate of drug-likeness (QED) is 0.568. The van der Waals surface area contributed by atoms with E-state index in [9.17, 15) is 0 Å². The third kappa shape index (κ3) is 2.51. The second-order valence-electron chi connectivity index (χ2n) is 4.26. The molecule has 0 aliphatic carbocycles. The normalized spacial score (nSPS) is 11.7. The molecule has 3 aromatic carbocycles. The van der Waals surface area contributed by atoms with Crippen LogP contribution in [0.5, 0.6) is 0 Å². The smallest absolute Gasteiger partial charge is 0.137 e. The standard InChI is InChI=1S/C17H12ClN/c18-17(19-14-9-2-1-3-10-14)16-12-6-8-13-7-4-5-11-15(13)16/h1-12H/b19-17-. The Morgan fingerprint density at radius 2 is 1.42 bits per heavy atom. The fourth-order valence-corrected chi connectivity index (χ4v) is 2.34. The SMILES string of the molecule is Cl/C(=N\c1ccccc1)c1cccc2ccccc12. The molecule has 0 N–H and O–H groups in total. The molecule has 19 heavy (non-hydrogen) atoms. The highest BCUT2D eigenvalue weighted by Gasteiger charge is 2.05. The predicted octanol–water partition coefficient (Wildman–Crippen LogP) is 5.16. The topological polar surface area (TPSA) is 12.4 Å². The first-order chi connectivity index (χ1) is 9.34. The van der Waals surface area contributed by atoms with Crippen molar-refractivity contribution in [1.82, 2.24) is 0 Å². The van der Waals surface area contributed by atoms with Crippen LogP contribution in [-0.4, -0.2) is 5.17 Å². The minimum atomic E-state index is 0.517. The summed E-state index contributed by atoms with van der Waals surface area (Å²) in [5, 5.41) is 2.80. The Morgan fingerprint density at radius 1 is 0.737 bits per heavy atom. The van der Waals surface area contributed by atoms with Crippen LogP contribution in [0.4, 0.5) is 5.69 Å². The molecule has 92 valence electrons. The maximum atomic E-state index is 6.37. The third-order valence-corrected chi connectivity index (χ3v) is 3.28. The molecule has 0 aliphatic heterocycles. The molecule has 1 nitrogen and oxygen atoms in total. The van der Waals surface area contributed by atoms with E-state index in [0.717, 1.165) is 16.6 Å². The van der Waals surface area contributed by atoms with Crippen molar-refractivity contribution in [2.24, 2.45) is 4.99 Å². The monoisotopic (exact) mass is 265 g/mol. The van der Waals surface area contributed by atoms with Crippen molar-refractivity contribution in [2.45, 2.75) is 0 Å². The zero-order chi connectivity index (χ0) is 13.1. The second-order valence-corrected chi connectivity index (χ2v) is 4.62. The molecule has 0 aliphatic rings. The molecule has 0 saturated carbocycles. The number of hydrogen-bond donors (Lipinski definition) is 0. The number of rotatable bonds is 2. The highest BCUT2D eigenvalue weighted by molar-refractivity contribution is 6.70. The van der Waals surface area contributed by atoms with Crippen molar-refractivity contribution < 1.29 is 0 Å². The maximum Gasteiger partial charge on any atom is 0.137 e. The summed E-state index contributed by atoms with van der Waals surface area (Å²) in [5.74, 6) is 0. The molecule has 0 aromatic heterocycles. The zero-order valence-electron chi connectivity index (χ0n) is 10.3. The molecule has 3 aromatic rings. The summed E-state index contributed by atoms with van der Waals surface area (Å²) in [6.07, 6.45) is 0. The molecule has 0 unspecified atom stereocenters. The van der Waals surface area contributed by atoms with Gasteiger partial charge in [-0.3, -0.25) is 0 Å². The molecule has 2 heteroatoms. The van der Waals surface area contributed by atoms with Gasteiger partial charge in [0.1, 0.15) is 5.17 Å². The summed E-state index contributed by atoms with van der Waals surface area (Å²) in [4.78, 5) is 4.46. The van der Waals surface area contributed by atoms with Gasteiger partial charge in [0.15, 0.2) is 0 Å². The Balaban J connectivity index is 2.12. The first kappa shape index (κ1) is 11.9. The number of benzene rings is 3. The van der Waals surface area contributed by atoms with Gasteiger partial charge in [-0.25, -0.2) is 4.99 Å². The van der Waals surface area contributed by atoms with Gasteiger partial charge in [0.05, 0.1) is 5.69 Å². The molecule has 3 rings (SSSR count). The van der Waals surface area contributed by atoms with E-state index < -0.39 is 0 Å². The van der Waals surface area contributed by atoms with Gasteiger partial charge >= 0.3 is 0 Å². The minimum absolute atomic E-state index is 0.517. The van der Waals surface area contributed by atoms with Crippen LogP contribution in [-0.2, 0) is 0 Å². The van der Waals surface area contributed by atoms with Gasteiger partial charge in [-0.1, -0.05) is 72.3 Å². The van der Waals surface area contributed by atoms with Crippen LogP contribution in [0.25, 0.3) is 10.8 Å². The summed E-state index contributed by atoms with van der Waals surface area (Å²) in [6.45, 7) is 0. The van der Waals surface area contributed by atoms with Gasteiger partial charge in [0.25, 0.3) is 0 Å². The van der Waals surface area contributed by atoms with E-state index in [0.29, 0.717) is 5.17 Å². The van der Waals surface area contributed by atoms with Crippen molar-refractivity contribution in [3.63, 3.8) is 0 Å². The number of nitrogens with zero attached hydrogens (tertiary/aromatic N) is 1. The maximum absolute atomic E-state index is 6.37. The van der Waals surface area contributed by atoms with E-state index in [1.54, 1.807) is 0 Å². The first-order valence-electron chi connectivity index (χ1n) is 6.12. The van der Waals surface area contributed by atoms with Crippen molar-refractivity contribution in [3.8, 4) is 0 Å². The molecular weight excluding hydrogens is 254 g/mol. The highest BCUT2D eigenvalue weighted by Crippen LogP contribution is 2.22. The van der Waals surface area contributed by atoms with Crippen LogP contribution in [0.3, 0.4) is 0 Å². The molecule has 0 saturated heterocycles. The lowest BCUT2D eigenvalue weighted by Crippen LogP contribution is -1.92. The molecule has 0 heterocycles. The summed E-state index contributed by atoms with van der Waals surface area (Å²) >= 11 is 6.37. The van der Waals surface area contributed by atoms with Gasteiger partial charge in [0, 0.05) is 5.56 Å². The number of fused-ring (bicyclic) bond motifs is 1. The second kappa shape index (κ2) is 5.25. The summed E-state index contributed by atoms with van der Waals surface area (Å²) < 4.78 is 0. The fraction of sp³-hybridized carbons (Fsp3) is 0. The third-order valence-electron chi connectivity index (χ3n) is 3.00. The zero-order valence-corrected chi connectivity index (χ0v) is 11.0. The lowest BCUT2D eigenvalue weighted by molar-refractivity contribution is 1.52. The molecule has 0 fully saturated rings. The van der Waals surface area contributed by atoms with Gasteiger partial charge in [-0.2, -0.15) is 0 Å². The van der Waals surface area contributed by atoms with Crippen molar-refractivity contribution in [2.75, 3.05) is 0 Å². The van der Waals surface area contributed by atoms with Gasteiger partial charge in [-0.05, 0) is 22.9 Å². The van der Waals surface area contributed by atoms with Gasteiger partial charge in [-0.15, -0.1) is 0 Å². The lowest BCUT2D eigenvalue weighted by Gasteiger charge is -2.04. The van der Waals surface area contributed by atoms with Crippen LogP contribution >= 0.6 is 11.6 Å². The van der Waals surface area contributed by atoms with E-state index in [4.69, 9.17) is 11.6 Å². The summed E-state index contributed by atoms with van der Waals surface area (Å²) in [6, 6.07) is 24.0. The predicted molar refractivity (Wildman–Crippen MR) is 82.4 cm³/mol. The number of halogens is 1. The Kier molecular flexibility index (Phi) is 3.30. The highest BCUT2D eigenvalue weighted by atomic mass is 35.5. The van der Waals surface area contributed by atoms with Crippen LogP contribution in [0.15, 0.2) is 77.8 Å². The van der Waals surface area contributed by atoms with E-state index in [2.05, 4.69) is 23.2 Å². The fourth-order valence-electron chi connectivity index (χ4n) is 2.08. The number of para-hydroxylation sites is 1. The Labute approximate surface area is 117 Å². The molecule has 0 radical (unpaired) electrons. The van der Waals surface area contributed by atoms with Gasteiger partial charge in [0.2, 0.25) is 0 Å². The molecule has 0 amide bonds. The summed E-state index contributed by atoms with van der Waals surface area (Å²) in [5.41, 5.74) is 1.82. The largest absolute Gasteiger partial charge is 0.236 e. The Morgan fingerprint density at radius 3 is 2.26 bits per heavy atom. The van der Waals surface area contributed by atoms with Crippen molar-refractivity contribution in [1.29, 1.82) is 0 Å². The first-order valence-corrected chi connectivity index (χ1v) is 6.50. The number of hydrogen-bond acceptors (Lipinski definition) is 1. The van der Waals surface area contributed by atoms with Crippen molar-refractivity contribution in [3.05, 3.63) is 78.4 Å². The van der Waals surface area contributed by atoms with Crippen LogP contribution in [0.2, 0.25) is 0 Å². The van der Waals surface area contributed by atoms with Crippen LogP contribution in [0, 0.1) is 0 Å². The van der Waals surface area contributed by atoms with E-state index in [-0.39, 0.29) is 0 Å². The van der Waals surface area contributed by atoms with Crippen LogP contribution < -0.4 is 0 Å². The van der Waals surface area contributed by atoms with E-state index in [1.165, 1.54) is 5.39 Å². The molecule has 0 bridgehead atoms. The van der Waals surface area contributed by atoms with Crippen molar-refractivity contribution >= 4 is 33.2 Å². The lowest BCUT2D eigenvalue weighted by atomic mass is 10.1. The average molecular weight is 266 g/mol. The molecular formula is C17H12ClN. The Bertz CT molecular complexity index is 727. The minimum Gasteiger partial charge on any atom is -0.236 e. The number of aliphatic imine (C=N–C) groups is 1. The van der Waals surface area contributed by atoms with Gasteiger partial charge < -0.3 is 0 Å². The van der Waals surface area contributed by atoms with E-state index >= 15 is 0 Å². The molecule has 0 atom stereocenters. The summed E-state index contributed by atoms with van der Waals surface area (Å²) in [7, 11) is 0. The van der Waals surface area contributed by atoms with E-state index in [1.807, 2.05) is 54.6 Å². The average Bonchev–Trinajstić information content (AvgIpc) is 2.47. The Hall–Kier alpha value is -2.12. The molecule has 0 spiro atoms.